The van der Waals surface area contributed by atoms with Gasteiger partial charge in [0.2, 0.25) is 5.88 Å². The van der Waals surface area contributed by atoms with Gasteiger partial charge in [0.05, 0.1) is 13.3 Å². The van der Waals surface area contributed by atoms with Crippen molar-refractivity contribution in [3.63, 3.8) is 0 Å². The number of hydrogen-bond donors (Lipinski definition) is 3. The lowest BCUT2D eigenvalue weighted by Gasteiger charge is -2.17. The maximum atomic E-state index is 12.0. The van der Waals surface area contributed by atoms with Crippen molar-refractivity contribution in [1.82, 2.24) is 4.72 Å². The third-order valence-electron chi connectivity index (χ3n) is 3.36. The van der Waals surface area contributed by atoms with E-state index >= 15 is 0 Å². The van der Waals surface area contributed by atoms with Gasteiger partial charge in [-0.1, -0.05) is 24.3 Å². The van der Waals surface area contributed by atoms with Crippen LogP contribution in [0, 0.1) is 0 Å². The van der Waals surface area contributed by atoms with E-state index in [1.807, 2.05) is 22.9 Å². The Labute approximate surface area is 133 Å². The van der Waals surface area contributed by atoms with E-state index in [1.165, 1.54) is 19.2 Å². The Hall–Kier alpha value is -2.87. The Morgan fingerprint density at radius 1 is 1.13 bits per heavy atom. The molecule has 3 N–H and O–H groups in total. The number of hydrogen-bond acceptors (Lipinski definition) is 5. The number of aliphatic hydroxyl groups is 1. The van der Waals surface area contributed by atoms with Crippen molar-refractivity contribution in [3.8, 4) is 22.6 Å². The second-order valence-electron chi connectivity index (χ2n) is 4.82. The summed E-state index contributed by atoms with van der Waals surface area (Å²) in [6, 6.07) is 11.8. The van der Waals surface area contributed by atoms with Crippen molar-refractivity contribution < 1.29 is 23.4 Å². The first-order chi connectivity index (χ1) is 10.9. The van der Waals surface area contributed by atoms with Crippen LogP contribution in [0.5, 0.6) is 11.5 Å². The molecule has 1 heterocycles. The number of aliphatic hydroxyl groups excluding tert-OH is 1. The average molecular weight is 334 g/mol. The van der Waals surface area contributed by atoms with E-state index in [4.69, 9.17) is 4.74 Å². The molecule has 2 aromatic carbocycles. The number of anilines is 1. The molecule has 3 rings (SSSR count). The Kier molecular flexibility index (Phi) is 3.53. The van der Waals surface area contributed by atoms with Crippen molar-refractivity contribution in [1.29, 1.82) is 0 Å². The van der Waals surface area contributed by atoms with Crippen LogP contribution in [-0.4, -0.2) is 25.7 Å². The summed E-state index contributed by atoms with van der Waals surface area (Å²) in [6.07, 6.45) is 0.983. The summed E-state index contributed by atoms with van der Waals surface area (Å²) in [5.74, 6) is -0.142. The Bertz CT molecular complexity index is 892. The van der Waals surface area contributed by atoms with E-state index in [9.17, 15) is 18.6 Å². The summed E-state index contributed by atoms with van der Waals surface area (Å²) < 4.78 is 31.9. The lowest BCUT2D eigenvalue weighted by Crippen LogP contribution is -2.29. The first-order valence-electron chi connectivity index (χ1n) is 6.62. The SMILES string of the molecule is COc1ccccc1-c1ccc(O)c(N2C=C(O)NS2(=O)=O)c1. The summed E-state index contributed by atoms with van der Waals surface area (Å²) in [5, 5.41) is 19.4. The normalized spacial score (nSPS) is 15.9. The highest BCUT2D eigenvalue weighted by Gasteiger charge is 2.30. The molecule has 0 aliphatic carbocycles. The molecule has 0 radical (unpaired) electrons. The maximum Gasteiger partial charge on any atom is 0.330 e. The van der Waals surface area contributed by atoms with E-state index in [-0.39, 0.29) is 11.4 Å². The molecular weight excluding hydrogens is 320 g/mol. The van der Waals surface area contributed by atoms with Crippen LogP contribution in [0.25, 0.3) is 11.1 Å². The molecule has 7 nitrogen and oxygen atoms in total. The second-order valence-corrected chi connectivity index (χ2v) is 6.37. The molecule has 0 amide bonds. The molecule has 0 bridgehead atoms. The molecule has 23 heavy (non-hydrogen) atoms. The van der Waals surface area contributed by atoms with Crippen LogP contribution in [-0.2, 0) is 10.2 Å². The standard InChI is InChI=1S/C15H14N2O5S/c1-22-14-5-3-2-4-11(14)10-6-7-13(18)12(8-10)17-9-15(19)16-23(17,20)21/h2-9,16,18-19H,1H3. The molecule has 0 atom stereocenters. The number of benzene rings is 2. The van der Waals surface area contributed by atoms with Crippen molar-refractivity contribution in [2.24, 2.45) is 0 Å². The van der Waals surface area contributed by atoms with Crippen LogP contribution in [0.15, 0.2) is 54.5 Å². The third kappa shape index (κ3) is 2.64. The molecule has 0 saturated carbocycles. The van der Waals surface area contributed by atoms with Crippen molar-refractivity contribution in [3.05, 3.63) is 54.5 Å². The summed E-state index contributed by atoms with van der Waals surface area (Å²) in [7, 11) is -2.44. The zero-order chi connectivity index (χ0) is 16.6. The minimum atomic E-state index is -3.98. The first-order valence-corrected chi connectivity index (χ1v) is 8.06. The second kappa shape index (κ2) is 5.40. The Balaban J connectivity index is 2.14. The van der Waals surface area contributed by atoms with Crippen LogP contribution in [0.2, 0.25) is 0 Å². The van der Waals surface area contributed by atoms with E-state index in [0.717, 1.165) is 16.1 Å². The zero-order valence-corrected chi connectivity index (χ0v) is 12.9. The lowest BCUT2D eigenvalue weighted by molar-refractivity contribution is 0.392. The van der Waals surface area contributed by atoms with E-state index in [1.54, 1.807) is 12.1 Å². The minimum absolute atomic E-state index is 0.0185. The number of nitrogens with one attached hydrogen (secondary N) is 1. The van der Waals surface area contributed by atoms with Gasteiger partial charge in [0.25, 0.3) is 0 Å². The van der Waals surface area contributed by atoms with Gasteiger partial charge in [-0.25, -0.2) is 9.03 Å². The maximum absolute atomic E-state index is 12.0. The smallest absolute Gasteiger partial charge is 0.330 e. The number of ether oxygens (including phenoxy) is 1. The molecule has 2 aromatic rings. The number of rotatable bonds is 3. The fraction of sp³-hybridized carbons (Fsp3) is 0.0667. The summed E-state index contributed by atoms with van der Waals surface area (Å²) in [6.45, 7) is 0. The number of para-hydroxylation sites is 1. The largest absolute Gasteiger partial charge is 0.506 e. The predicted molar refractivity (Wildman–Crippen MR) is 85.3 cm³/mol. The van der Waals surface area contributed by atoms with Gasteiger partial charge < -0.3 is 14.9 Å². The summed E-state index contributed by atoms with van der Waals surface area (Å²) >= 11 is 0. The Morgan fingerprint density at radius 3 is 2.52 bits per heavy atom. The van der Waals surface area contributed by atoms with E-state index < -0.39 is 16.1 Å². The lowest BCUT2D eigenvalue weighted by atomic mass is 10.0. The molecule has 1 aliphatic heterocycles. The highest BCUT2D eigenvalue weighted by Crippen LogP contribution is 2.38. The molecular formula is C15H14N2O5S. The highest BCUT2D eigenvalue weighted by molar-refractivity contribution is 7.91. The van der Waals surface area contributed by atoms with Crippen LogP contribution in [0.3, 0.4) is 0 Å². The van der Waals surface area contributed by atoms with Gasteiger partial charge in [-0.15, -0.1) is 0 Å². The van der Waals surface area contributed by atoms with Gasteiger partial charge >= 0.3 is 10.2 Å². The van der Waals surface area contributed by atoms with Crippen LogP contribution >= 0.6 is 0 Å². The fourth-order valence-corrected chi connectivity index (χ4v) is 3.40. The van der Waals surface area contributed by atoms with Gasteiger partial charge in [-0.05, 0) is 23.8 Å². The van der Waals surface area contributed by atoms with Crippen molar-refractivity contribution in [2.75, 3.05) is 11.4 Å². The van der Waals surface area contributed by atoms with Crippen molar-refractivity contribution >= 4 is 15.9 Å². The molecule has 120 valence electrons. The molecule has 0 unspecified atom stereocenters. The average Bonchev–Trinajstić information content (AvgIpc) is 2.80. The van der Waals surface area contributed by atoms with Gasteiger partial charge in [-0.3, -0.25) is 0 Å². The number of phenols is 1. The quantitative estimate of drug-likeness (QED) is 0.798. The number of nitrogens with zero attached hydrogens (tertiary/aromatic N) is 1. The van der Waals surface area contributed by atoms with Gasteiger partial charge in [0.15, 0.2) is 0 Å². The number of aromatic hydroxyl groups is 1. The Morgan fingerprint density at radius 2 is 1.87 bits per heavy atom. The van der Waals surface area contributed by atoms with Crippen LogP contribution in [0.1, 0.15) is 0 Å². The van der Waals surface area contributed by atoms with E-state index in [0.29, 0.717) is 11.3 Å². The monoisotopic (exact) mass is 334 g/mol. The molecule has 0 aromatic heterocycles. The van der Waals surface area contributed by atoms with E-state index in [2.05, 4.69) is 0 Å². The molecule has 0 spiro atoms. The van der Waals surface area contributed by atoms with Crippen LogP contribution < -0.4 is 13.8 Å². The summed E-state index contributed by atoms with van der Waals surface area (Å²) in [4.78, 5) is 0. The molecule has 0 fully saturated rings. The van der Waals surface area contributed by atoms with Gasteiger partial charge in [0.1, 0.15) is 17.2 Å². The fourth-order valence-electron chi connectivity index (χ4n) is 2.34. The molecule has 8 heteroatoms. The topological polar surface area (TPSA) is 99.1 Å². The van der Waals surface area contributed by atoms with Crippen LogP contribution in [0.4, 0.5) is 5.69 Å². The van der Waals surface area contributed by atoms with Gasteiger partial charge in [-0.2, -0.15) is 8.42 Å². The predicted octanol–water partition coefficient (Wildman–Crippen LogP) is 2.08. The third-order valence-corrected chi connectivity index (χ3v) is 4.65. The molecule has 1 aliphatic rings. The zero-order valence-electron chi connectivity index (χ0n) is 12.1. The highest BCUT2D eigenvalue weighted by atomic mass is 32.2. The first kappa shape index (κ1) is 15.0. The minimum Gasteiger partial charge on any atom is -0.506 e. The number of phenolic OH excluding ortho intramolecular Hbond substituents is 1. The molecule has 0 saturated heterocycles. The van der Waals surface area contributed by atoms with Crippen molar-refractivity contribution in [2.45, 2.75) is 0 Å². The van der Waals surface area contributed by atoms with Gasteiger partial charge in [0, 0.05) is 5.56 Å². The summed E-state index contributed by atoms with van der Waals surface area (Å²) in [5.41, 5.74) is 1.42. The number of methoxy groups -OCH3 is 1.